The highest BCUT2D eigenvalue weighted by atomic mass is 79.9. The maximum absolute atomic E-state index is 11.7. The number of anilines is 1. The number of nitrogens with zero attached hydrogens (tertiary/aromatic N) is 5. The zero-order chi connectivity index (χ0) is 20.3. The normalized spacial score (nSPS) is 15.6. The van der Waals surface area contributed by atoms with Crippen LogP contribution in [0.15, 0.2) is 41.0 Å². The molecule has 0 saturated carbocycles. The van der Waals surface area contributed by atoms with Crippen LogP contribution in [0.4, 0.5) is 11.5 Å². The maximum Gasteiger partial charge on any atom is 0.288 e. The third-order valence-electron chi connectivity index (χ3n) is 4.62. The molecule has 1 saturated heterocycles. The summed E-state index contributed by atoms with van der Waals surface area (Å²) in [6.45, 7) is 2.18. The number of carbonyl (C=O) groups is 1. The Morgan fingerprint density at radius 2 is 1.93 bits per heavy atom. The third-order valence-corrected chi connectivity index (χ3v) is 5.14. The van der Waals surface area contributed by atoms with Gasteiger partial charge in [-0.25, -0.2) is 4.98 Å². The van der Waals surface area contributed by atoms with Gasteiger partial charge >= 0.3 is 0 Å². The number of benzene rings is 1. The van der Waals surface area contributed by atoms with E-state index >= 15 is 0 Å². The first-order valence-corrected chi connectivity index (χ1v) is 9.28. The molecule has 0 unspecified atom stereocenters. The van der Waals surface area contributed by atoms with E-state index in [-0.39, 0.29) is 17.3 Å². The van der Waals surface area contributed by atoms with Gasteiger partial charge in [-0.05, 0) is 17.7 Å². The van der Waals surface area contributed by atoms with Crippen LogP contribution in [0.5, 0.6) is 0 Å². The Hall–Kier alpha value is -3.03. The SMILES string of the molecule is N#C[C@H](c1ccc(Br)cc1)N1CCN(c2ncc([N+](=O)[O-])cc2C(N)=O)CC1. The van der Waals surface area contributed by atoms with Crippen LogP contribution in [0.3, 0.4) is 0 Å². The second-order valence-corrected chi connectivity index (χ2v) is 7.21. The number of primary amides is 1. The van der Waals surface area contributed by atoms with Gasteiger partial charge in [-0.15, -0.1) is 0 Å². The molecule has 9 nitrogen and oxygen atoms in total. The summed E-state index contributed by atoms with van der Waals surface area (Å²) in [6.07, 6.45) is 1.12. The van der Waals surface area contributed by atoms with Gasteiger partial charge in [0.1, 0.15) is 18.1 Å². The van der Waals surface area contributed by atoms with Gasteiger partial charge in [-0.3, -0.25) is 19.8 Å². The minimum atomic E-state index is -0.765. The van der Waals surface area contributed by atoms with Crippen molar-refractivity contribution in [3.8, 4) is 6.07 Å². The molecule has 28 heavy (non-hydrogen) atoms. The van der Waals surface area contributed by atoms with Crippen molar-refractivity contribution in [3.05, 3.63) is 62.2 Å². The average Bonchev–Trinajstić information content (AvgIpc) is 2.70. The van der Waals surface area contributed by atoms with Crippen LogP contribution in [-0.2, 0) is 0 Å². The van der Waals surface area contributed by atoms with Crippen LogP contribution in [0, 0.1) is 21.4 Å². The Kier molecular flexibility index (Phi) is 5.87. The monoisotopic (exact) mass is 444 g/mol. The number of pyridine rings is 1. The molecule has 10 heteroatoms. The Labute approximate surface area is 169 Å². The topological polar surface area (TPSA) is 129 Å². The molecular weight excluding hydrogens is 428 g/mol. The summed E-state index contributed by atoms with van der Waals surface area (Å²) in [6, 6.07) is 10.7. The Balaban J connectivity index is 1.76. The molecule has 2 aromatic rings. The summed E-state index contributed by atoms with van der Waals surface area (Å²) in [5.41, 5.74) is 6.04. The standard InChI is InChI=1S/C18H17BrN6O3/c19-13-3-1-12(2-4-13)16(10-20)23-5-7-24(8-6-23)18-15(17(21)26)9-14(11-22-18)25(27)28/h1-4,9,11,16H,5-8H2,(H2,21,26)/t16-/m1/s1. The van der Waals surface area contributed by atoms with E-state index in [9.17, 15) is 20.2 Å². The highest BCUT2D eigenvalue weighted by molar-refractivity contribution is 9.10. The number of amides is 1. The van der Waals surface area contributed by atoms with Gasteiger partial charge in [-0.1, -0.05) is 28.1 Å². The number of piperazine rings is 1. The van der Waals surface area contributed by atoms with E-state index in [4.69, 9.17) is 5.73 Å². The molecule has 1 aromatic heterocycles. The molecule has 0 spiro atoms. The predicted octanol–water partition coefficient (Wildman–Crippen LogP) is 2.24. The summed E-state index contributed by atoms with van der Waals surface area (Å²) in [4.78, 5) is 30.1. The van der Waals surface area contributed by atoms with Gasteiger partial charge in [0.2, 0.25) is 0 Å². The molecule has 0 aliphatic carbocycles. The van der Waals surface area contributed by atoms with Crippen molar-refractivity contribution in [3.63, 3.8) is 0 Å². The summed E-state index contributed by atoms with van der Waals surface area (Å²) in [5.74, 6) is -0.437. The van der Waals surface area contributed by atoms with Crippen molar-refractivity contribution in [1.29, 1.82) is 5.26 Å². The minimum Gasteiger partial charge on any atom is -0.365 e. The van der Waals surface area contributed by atoms with Gasteiger partial charge in [0.15, 0.2) is 0 Å². The number of halogens is 1. The lowest BCUT2D eigenvalue weighted by Gasteiger charge is -2.38. The van der Waals surface area contributed by atoms with Crippen LogP contribution in [0.25, 0.3) is 0 Å². The minimum absolute atomic E-state index is 0.0207. The molecule has 0 radical (unpaired) electrons. The number of rotatable bonds is 5. The summed E-state index contributed by atoms with van der Waals surface area (Å²) in [7, 11) is 0. The van der Waals surface area contributed by atoms with E-state index in [2.05, 4.69) is 31.9 Å². The lowest BCUT2D eigenvalue weighted by molar-refractivity contribution is -0.385. The van der Waals surface area contributed by atoms with E-state index < -0.39 is 10.8 Å². The Bertz CT molecular complexity index is 935. The second-order valence-electron chi connectivity index (χ2n) is 6.29. The fourth-order valence-corrected chi connectivity index (χ4v) is 3.45. The number of nitriles is 1. The molecular formula is C18H17BrN6O3. The number of hydrogen-bond acceptors (Lipinski definition) is 7. The third kappa shape index (κ3) is 4.11. The van der Waals surface area contributed by atoms with E-state index in [1.54, 1.807) is 0 Å². The molecule has 1 fully saturated rings. The van der Waals surface area contributed by atoms with Gasteiger partial charge in [-0.2, -0.15) is 5.26 Å². The second kappa shape index (κ2) is 8.33. The first kappa shape index (κ1) is 19.7. The lowest BCUT2D eigenvalue weighted by Crippen LogP contribution is -2.48. The lowest BCUT2D eigenvalue weighted by atomic mass is 10.1. The quantitative estimate of drug-likeness (QED) is 0.552. The van der Waals surface area contributed by atoms with Crippen molar-refractivity contribution in [1.82, 2.24) is 9.88 Å². The van der Waals surface area contributed by atoms with E-state index in [0.717, 1.165) is 22.3 Å². The van der Waals surface area contributed by atoms with Crippen molar-refractivity contribution in [2.45, 2.75) is 6.04 Å². The zero-order valence-electron chi connectivity index (χ0n) is 14.8. The van der Waals surface area contributed by atoms with E-state index in [0.29, 0.717) is 32.0 Å². The van der Waals surface area contributed by atoms with Gasteiger partial charge in [0, 0.05) is 36.7 Å². The average molecular weight is 445 g/mol. The van der Waals surface area contributed by atoms with Gasteiger partial charge in [0.25, 0.3) is 11.6 Å². The molecule has 1 atom stereocenters. The van der Waals surface area contributed by atoms with Crippen LogP contribution in [-0.4, -0.2) is 46.9 Å². The largest absolute Gasteiger partial charge is 0.365 e. The molecule has 1 aliphatic heterocycles. The van der Waals surface area contributed by atoms with Crippen molar-refractivity contribution < 1.29 is 9.72 Å². The molecule has 1 amide bonds. The molecule has 1 aliphatic rings. The fraction of sp³-hybridized carbons (Fsp3) is 0.278. The number of nitrogens with two attached hydrogens (primary N) is 1. The summed E-state index contributed by atoms with van der Waals surface area (Å²) < 4.78 is 0.945. The van der Waals surface area contributed by atoms with Crippen LogP contribution < -0.4 is 10.6 Å². The van der Waals surface area contributed by atoms with Gasteiger partial charge in [0.05, 0.1) is 16.6 Å². The Morgan fingerprint density at radius 3 is 2.46 bits per heavy atom. The van der Waals surface area contributed by atoms with Crippen molar-refractivity contribution in [2.24, 2.45) is 5.73 Å². The molecule has 0 bridgehead atoms. The predicted molar refractivity (Wildman–Crippen MR) is 106 cm³/mol. The van der Waals surface area contributed by atoms with Crippen LogP contribution in [0.1, 0.15) is 22.0 Å². The number of aromatic nitrogens is 1. The first-order valence-electron chi connectivity index (χ1n) is 8.49. The number of carbonyl (C=O) groups excluding carboxylic acids is 1. The Morgan fingerprint density at radius 1 is 1.29 bits per heavy atom. The molecule has 2 heterocycles. The van der Waals surface area contributed by atoms with E-state index in [1.165, 1.54) is 0 Å². The number of hydrogen-bond donors (Lipinski definition) is 1. The summed E-state index contributed by atoms with van der Waals surface area (Å²) >= 11 is 3.39. The van der Waals surface area contributed by atoms with Crippen molar-refractivity contribution >= 4 is 33.3 Å². The number of nitro groups is 1. The molecule has 3 rings (SSSR count). The zero-order valence-corrected chi connectivity index (χ0v) is 16.4. The molecule has 144 valence electrons. The van der Waals surface area contributed by atoms with E-state index in [1.807, 2.05) is 29.2 Å². The molecule has 1 aromatic carbocycles. The fourth-order valence-electron chi connectivity index (χ4n) is 3.18. The highest BCUT2D eigenvalue weighted by Crippen LogP contribution is 2.27. The van der Waals surface area contributed by atoms with Crippen LogP contribution in [0.2, 0.25) is 0 Å². The van der Waals surface area contributed by atoms with Crippen molar-refractivity contribution in [2.75, 3.05) is 31.1 Å². The summed E-state index contributed by atoms with van der Waals surface area (Å²) in [5, 5.41) is 20.6. The first-order chi connectivity index (χ1) is 13.4. The smallest absolute Gasteiger partial charge is 0.288 e. The molecule has 2 N–H and O–H groups in total. The highest BCUT2D eigenvalue weighted by Gasteiger charge is 2.28. The van der Waals surface area contributed by atoms with Gasteiger partial charge < -0.3 is 10.6 Å². The van der Waals surface area contributed by atoms with Crippen LogP contribution >= 0.6 is 15.9 Å². The maximum atomic E-state index is 11.7.